The smallest absolute Gasteiger partial charge is 0.270 e. The molecular formula is C8H13BrN2O3S2. The van der Waals surface area contributed by atoms with Crippen molar-refractivity contribution in [2.24, 2.45) is 0 Å². The van der Waals surface area contributed by atoms with Gasteiger partial charge in [0.1, 0.15) is 0 Å². The van der Waals surface area contributed by atoms with Crippen LogP contribution in [0.5, 0.6) is 0 Å². The summed E-state index contributed by atoms with van der Waals surface area (Å²) < 4.78 is 25.8. The Morgan fingerprint density at radius 3 is 2.56 bits per heavy atom. The quantitative estimate of drug-likeness (QED) is 0.902. The number of sulfonamides is 1. The number of aliphatic hydroxyl groups excluding tert-OH is 1. The van der Waals surface area contributed by atoms with Gasteiger partial charge in [-0.15, -0.1) is 0 Å². The highest BCUT2D eigenvalue weighted by Crippen LogP contribution is 2.28. The first-order valence-corrected chi connectivity index (χ1v) is 7.57. The Bertz CT molecular complexity index is 450. The maximum Gasteiger partial charge on any atom is 0.270 e. The van der Waals surface area contributed by atoms with E-state index >= 15 is 0 Å². The molecule has 0 aliphatic carbocycles. The number of halogens is 1. The minimum atomic E-state index is -3.58. The van der Waals surface area contributed by atoms with Gasteiger partial charge in [-0.05, 0) is 29.8 Å². The summed E-state index contributed by atoms with van der Waals surface area (Å²) in [4.78, 5) is 3.97. The molecule has 0 bridgehead atoms. The van der Waals surface area contributed by atoms with E-state index in [1.54, 1.807) is 6.92 Å². The average molecular weight is 329 g/mol. The van der Waals surface area contributed by atoms with Gasteiger partial charge in [0.25, 0.3) is 10.0 Å². The van der Waals surface area contributed by atoms with Crippen LogP contribution in [0.2, 0.25) is 0 Å². The standard InChI is InChI=1S/C8H13BrN2O3S2/c1-5(12)4-11(3)16(13,14)8-10-6(2)7(9)15-8/h5,12H,4H2,1-3H3/t5-/m0/s1. The third kappa shape index (κ3) is 3.01. The van der Waals surface area contributed by atoms with E-state index in [9.17, 15) is 8.42 Å². The highest BCUT2D eigenvalue weighted by molar-refractivity contribution is 9.11. The fourth-order valence-corrected chi connectivity index (χ4v) is 4.45. The van der Waals surface area contributed by atoms with Crippen LogP contribution >= 0.6 is 27.3 Å². The van der Waals surface area contributed by atoms with Gasteiger partial charge in [0.2, 0.25) is 4.34 Å². The van der Waals surface area contributed by atoms with Gasteiger partial charge in [0.15, 0.2) is 0 Å². The molecule has 0 fully saturated rings. The Morgan fingerprint density at radius 2 is 2.19 bits per heavy atom. The normalized spacial score (nSPS) is 14.4. The zero-order valence-corrected chi connectivity index (χ0v) is 12.4. The van der Waals surface area contributed by atoms with E-state index in [0.717, 1.165) is 15.6 Å². The molecule has 1 heterocycles. The predicted octanol–water partition coefficient (Wildman–Crippen LogP) is 1.22. The fraction of sp³-hybridized carbons (Fsp3) is 0.625. The van der Waals surface area contributed by atoms with Crippen LogP contribution in [0.25, 0.3) is 0 Å². The van der Waals surface area contributed by atoms with E-state index in [2.05, 4.69) is 20.9 Å². The summed E-state index contributed by atoms with van der Waals surface area (Å²) in [6, 6.07) is 0. The second-order valence-electron chi connectivity index (χ2n) is 3.47. The molecule has 0 unspecified atom stereocenters. The summed E-state index contributed by atoms with van der Waals surface area (Å²) in [7, 11) is -2.16. The number of aliphatic hydroxyl groups is 1. The monoisotopic (exact) mass is 328 g/mol. The molecule has 1 N–H and O–H groups in total. The first-order valence-electron chi connectivity index (χ1n) is 4.52. The van der Waals surface area contributed by atoms with Crippen LogP contribution in [0.1, 0.15) is 12.6 Å². The molecule has 92 valence electrons. The second kappa shape index (κ2) is 5.09. The Balaban J connectivity index is 3.02. The molecule has 1 aromatic rings. The molecule has 0 saturated carbocycles. The fourth-order valence-electron chi connectivity index (χ4n) is 1.07. The SMILES string of the molecule is Cc1nc(S(=O)(=O)N(C)C[C@H](C)O)sc1Br. The molecule has 0 aliphatic heterocycles. The van der Waals surface area contributed by atoms with Gasteiger partial charge in [-0.25, -0.2) is 13.4 Å². The van der Waals surface area contributed by atoms with Gasteiger partial charge in [-0.2, -0.15) is 4.31 Å². The number of aromatic nitrogens is 1. The van der Waals surface area contributed by atoms with E-state index in [-0.39, 0.29) is 10.9 Å². The maximum atomic E-state index is 12.0. The Morgan fingerprint density at radius 1 is 1.62 bits per heavy atom. The molecule has 0 spiro atoms. The van der Waals surface area contributed by atoms with Crippen LogP contribution < -0.4 is 0 Å². The van der Waals surface area contributed by atoms with E-state index in [1.807, 2.05) is 0 Å². The minimum absolute atomic E-state index is 0.0417. The van der Waals surface area contributed by atoms with Gasteiger partial charge in [0.05, 0.1) is 15.6 Å². The third-order valence-electron chi connectivity index (χ3n) is 1.87. The Labute approximate surface area is 107 Å². The van der Waals surface area contributed by atoms with Crippen molar-refractivity contribution < 1.29 is 13.5 Å². The maximum absolute atomic E-state index is 12.0. The Hall–Kier alpha value is -0.0200. The van der Waals surface area contributed by atoms with Crippen LogP contribution in [0.3, 0.4) is 0 Å². The van der Waals surface area contributed by atoms with Crippen LogP contribution in [-0.2, 0) is 10.0 Å². The summed E-state index contributed by atoms with van der Waals surface area (Å²) >= 11 is 4.30. The van der Waals surface area contributed by atoms with Crippen LogP contribution in [-0.4, -0.2) is 42.5 Å². The van der Waals surface area contributed by atoms with Gasteiger partial charge in [-0.1, -0.05) is 11.3 Å². The first-order chi connectivity index (χ1) is 7.25. The zero-order chi connectivity index (χ0) is 12.5. The predicted molar refractivity (Wildman–Crippen MR) is 66.0 cm³/mol. The average Bonchev–Trinajstić information content (AvgIpc) is 2.46. The molecule has 0 aromatic carbocycles. The zero-order valence-electron chi connectivity index (χ0n) is 9.14. The van der Waals surface area contributed by atoms with E-state index < -0.39 is 16.1 Å². The van der Waals surface area contributed by atoms with E-state index in [1.165, 1.54) is 14.0 Å². The first kappa shape index (κ1) is 14.0. The summed E-state index contributed by atoms with van der Waals surface area (Å²) in [5, 5.41) is 9.16. The lowest BCUT2D eigenvalue weighted by Crippen LogP contribution is -2.33. The van der Waals surface area contributed by atoms with E-state index in [4.69, 9.17) is 5.11 Å². The highest BCUT2D eigenvalue weighted by atomic mass is 79.9. The van der Waals surface area contributed by atoms with Crippen molar-refractivity contribution >= 4 is 37.3 Å². The molecule has 0 amide bonds. The topological polar surface area (TPSA) is 70.5 Å². The number of nitrogens with zero attached hydrogens (tertiary/aromatic N) is 2. The van der Waals surface area contributed by atoms with Crippen molar-refractivity contribution in [3.05, 3.63) is 9.48 Å². The molecule has 1 atom stereocenters. The molecule has 5 nitrogen and oxygen atoms in total. The number of likely N-dealkylation sites (N-methyl/N-ethyl adjacent to an activating group) is 1. The van der Waals surface area contributed by atoms with Gasteiger partial charge < -0.3 is 5.11 Å². The number of thiazole rings is 1. The summed E-state index contributed by atoms with van der Waals surface area (Å²) in [6.07, 6.45) is -0.704. The van der Waals surface area contributed by atoms with E-state index in [0.29, 0.717) is 9.48 Å². The molecule has 1 rings (SSSR count). The van der Waals surface area contributed by atoms with Crippen molar-refractivity contribution in [2.75, 3.05) is 13.6 Å². The Kier molecular flexibility index (Phi) is 4.47. The second-order valence-corrected chi connectivity index (χ2v) is 8.01. The number of hydrogen-bond donors (Lipinski definition) is 1. The van der Waals surface area contributed by atoms with Crippen molar-refractivity contribution in [3.63, 3.8) is 0 Å². The lowest BCUT2D eigenvalue weighted by Gasteiger charge is -2.16. The molecule has 8 heteroatoms. The number of rotatable bonds is 4. The molecule has 0 aliphatic rings. The largest absolute Gasteiger partial charge is 0.392 e. The lowest BCUT2D eigenvalue weighted by molar-refractivity contribution is 0.171. The van der Waals surface area contributed by atoms with Crippen LogP contribution in [0, 0.1) is 6.92 Å². The molecular weight excluding hydrogens is 316 g/mol. The lowest BCUT2D eigenvalue weighted by atomic mass is 10.4. The third-order valence-corrected chi connectivity index (χ3v) is 6.06. The molecule has 0 saturated heterocycles. The molecule has 0 radical (unpaired) electrons. The number of hydrogen-bond acceptors (Lipinski definition) is 5. The van der Waals surface area contributed by atoms with Crippen molar-refractivity contribution in [3.8, 4) is 0 Å². The summed E-state index contributed by atoms with van der Waals surface area (Å²) in [5.74, 6) is 0. The molecule has 16 heavy (non-hydrogen) atoms. The summed E-state index contributed by atoms with van der Waals surface area (Å²) in [5.41, 5.74) is 0.647. The highest BCUT2D eigenvalue weighted by Gasteiger charge is 2.26. The van der Waals surface area contributed by atoms with Gasteiger partial charge >= 0.3 is 0 Å². The van der Waals surface area contributed by atoms with Crippen molar-refractivity contribution in [1.82, 2.24) is 9.29 Å². The van der Waals surface area contributed by atoms with Crippen molar-refractivity contribution in [1.29, 1.82) is 0 Å². The molecule has 1 aromatic heterocycles. The summed E-state index contributed by atoms with van der Waals surface area (Å²) in [6.45, 7) is 3.32. The van der Waals surface area contributed by atoms with Gasteiger partial charge in [-0.3, -0.25) is 0 Å². The van der Waals surface area contributed by atoms with Gasteiger partial charge in [0, 0.05) is 13.6 Å². The van der Waals surface area contributed by atoms with Crippen LogP contribution in [0.15, 0.2) is 8.13 Å². The van der Waals surface area contributed by atoms with Crippen LogP contribution in [0.4, 0.5) is 0 Å². The minimum Gasteiger partial charge on any atom is -0.392 e. The number of aryl methyl sites for hydroxylation is 1. The van der Waals surface area contributed by atoms with Crippen molar-refractivity contribution in [2.45, 2.75) is 24.3 Å².